The highest BCUT2D eigenvalue weighted by atomic mass is 79.9. The number of pyridine rings is 1. The van der Waals surface area contributed by atoms with Gasteiger partial charge < -0.3 is 4.74 Å². The van der Waals surface area contributed by atoms with Gasteiger partial charge in [0.25, 0.3) is 0 Å². The van der Waals surface area contributed by atoms with Crippen LogP contribution < -0.4 is 0 Å². The number of carbonyl (C=O) groups is 1. The van der Waals surface area contributed by atoms with Gasteiger partial charge in [0.15, 0.2) is 5.78 Å². The molecule has 110 valence electrons. The van der Waals surface area contributed by atoms with E-state index >= 15 is 0 Å². The van der Waals surface area contributed by atoms with Gasteiger partial charge in [-0.25, -0.2) is 0 Å². The van der Waals surface area contributed by atoms with Crippen LogP contribution >= 0.6 is 15.9 Å². The maximum atomic E-state index is 12.2. The lowest BCUT2D eigenvalue weighted by Gasteiger charge is -2.12. The molecule has 0 N–H and O–H groups in total. The van der Waals surface area contributed by atoms with Crippen LogP contribution in [0.1, 0.15) is 29.3 Å². The van der Waals surface area contributed by atoms with Gasteiger partial charge in [-0.1, -0.05) is 28.1 Å². The topological polar surface area (TPSA) is 39.2 Å². The Morgan fingerprint density at radius 2 is 1.86 bits per heavy atom. The standard InChI is InChI=1S/C17H18BrNO2/c1-13(17(20)15-4-6-16(18)7-5-15)21-12-2-3-14-8-10-19-11-9-14/h4-11,13H,2-3,12H2,1H3. The molecule has 1 atom stereocenters. The highest BCUT2D eigenvalue weighted by Gasteiger charge is 2.15. The minimum atomic E-state index is -0.413. The monoisotopic (exact) mass is 347 g/mol. The maximum absolute atomic E-state index is 12.2. The predicted molar refractivity (Wildman–Crippen MR) is 86.4 cm³/mol. The molecule has 0 fully saturated rings. The summed E-state index contributed by atoms with van der Waals surface area (Å²) >= 11 is 3.36. The van der Waals surface area contributed by atoms with E-state index < -0.39 is 6.10 Å². The first kappa shape index (κ1) is 15.9. The van der Waals surface area contributed by atoms with Crippen molar-refractivity contribution >= 4 is 21.7 Å². The fourth-order valence-corrected chi connectivity index (χ4v) is 2.27. The van der Waals surface area contributed by atoms with E-state index in [1.165, 1.54) is 5.56 Å². The summed E-state index contributed by atoms with van der Waals surface area (Å²) < 4.78 is 6.60. The molecule has 2 rings (SSSR count). The molecule has 2 aromatic rings. The molecule has 1 unspecified atom stereocenters. The third-order valence-corrected chi connectivity index (χ3v) is 3.75. The minimum absolute atomic E-state index is 0.0198. The zero-order valence-electron chi connectivity index (χ0n) is 12.0. The van der Waals surface area contributed by atoms with Gasteiger partial charge in [0.05, 0.1) is 0 Å². The number of ether oxygens (including phenoxy) is 1. The molecule has 0 aliphatic heterocycles. The molecule has 4 heteroatoms. The summed E-state index contributed by atoms with van der Waals surface area (Å²) in [6.45, 7) is 2.38. The Morgan fingerprint density at radius 1 is 1.19 bits per heavy atom. The summed E-state index contributed by atoms with van der Waals surface area (Å²) in [5, 5.41) is 0. The number of ketones is 1. The van der Waals surface area contributed by atoms with Crippen molar-refractivity contribution in [2.24, 2.45) is 0 Å². The van der Waals surface area contributed by atoms with Gasteiger partial charge in [-0.15, -0.1) is 0 Å². The van der Waals surface area contributed by atoms with Gasteiger partial charge >= 0.3 is 0 Å². The molecule has 1 aromatic carbocycles. The molecular weight excluding hydrogens is 330 g/mol. The van der Waals surface area contributed by atoms with E-state index in [2.05, 4.69) is 20.9 Å². The summed E-state index contributed by atoms with van der Waals surface area (Å²) in [5.41, 5.74) is 1.92. The molecular formula is C17H18BrNO2. The zero-order valence-corrected chi connectivity index (χ0v) is 13.5. The van der Waals surface area contributed by atoms with Crippen LogP contribution in [0.3, 0.4) is 0 Å². The number of benzene rings is 1. The zero-order chi connectivity index (χ0) is 15.1. The van der Waals surface area contributed by atoms with Gasteiger partial charge in [-0.2, -0.15) is 0 Å². The lowest BCUT2D eigenvalue weighted by molar-refractivity contribution is 0.0470. The first-order chi connectivity index (χ1) is 10.2. The quantitative estimate of drug-likeness (QED) is 0.559. The number of rotatable bonds is 7. The summed E-state index contributed by atoms with van der Waals surface area (Å²) in [6.07, 6.45) is 4.98. The molecule has 1 aromatic heterocycles. The van der Waals surface area contributed by atoms with Crippen LogP contribution in [0.5, 0.6) is 0 Å². The van der Waals surface area contributed by atoms with E-state index in [0.717, 1.165) is 17.3 Å². The average Bonchev–Trinajstić information content (AvgIpc) is 2.52. The molecule has 0 saturated heterocycles. The van der Waals surface area contributed by atoms with Crippen molar-refractivity contribution in [3.05, 3.63) is 64.4 Å². The fourth-order valence-electron chi connectivity index (χ4n) is 2.01. The summed E-state index contributed by atoms with van der Waals surface area (Å²) in [7, 11) is 0. The number of hydrogen-bond donors (Lipinski definition) is 0. The third kappa shape index (κ3) is 5.06. The van der Waals surface area contributed by atoms with Crippen LogP contribution in [-0.4, -0.2) is 23.5 Å². The van der Waals surface area contributed by atoms with Crippen molar-refractivity contribution in [1.29, 1.82) is 0 Å². The number of nitrogens with zero attached hydrogens (tertiary/aromatic N) is 1. The molecule has 0 aliphatic carbocycles. The summed E-state index contributed by atoms with van der Waals surface area (Å²) in [6, 6.07) is 11.3. The Hall–Kier alpha value is -1.52. The Morgan fingerprint density at radius 3 is 2.52 bits per heavy atom. The van der Waals surface area contributed by atoms with Gasteiger partial charge in [0.2, 0.25) is 0 Å². The van der Waals surface area contributed by atoms with Crippen molar-refractivity contribution in [1.82, 2.24) is 4.98 Å². The Labute approximate surface area is 133 Å². The van der Waals surface area contributed by atoms with E-state index in [0.29, 0.717) is 12.2 Å². The second-order valence-corrected chi connectivity index (χ2v) is 5.76. The van der Waals surface area contributed by atoms with Crippen LogP contribution in [0.4, 0.5) is 0 Å². The molecule has 0 saturated carbocycles. The normalized spacial score (nSPS) is 12.1. The van der Waals surface area contributed by atoms with Crippen molar-refractivity contribution in [3.8, 4) is 0 Å². The first-order valence-corrected chi connectivity index (χ1v) is 7.76. The molecule has 0 aliphatic rings. The van der Waals surface area contributed by atoms with Crippen LogP contribution in [0.15, 0.2) is 53.3 Å². The van der Waals surface area contributed by atoms with E-state index in [9.17, 15) is 4.79 Å². The first-order valence-electron chi connectivity index (χ1n) is 6.97. The number of aromatic nitrogens is 1. The van der Waals surface area contributed by atoms with Crippen molar-refractivity contribution in [3.63, 3.8) is 0 Å². The van der Waals surface area contributed by atoms with E-state index in [4.69, 9.17) is 4.74 Å². The summed E-state index contributed by atoms with van der Waals surface area (Å²) in [5.74, 6) is 0.0198. The van der Waals surface area contributed by atoms with Crippen molar-refractivity contribution in [2.45, 2.75) is 25.9 Å². The van der Waals surface area contributed by atoms with Crippen LogP contribution in [0.2, 0.25) is 0 Å². The largest absolute Gasteiger partial charge is 0.370 e. The lowest BCUT2D eigenvalue weighted by atomic mass is 10.1. The van der Waals surface area contributed by atoms with Crippen LogP contribution in [0.25, 0.3) is 0 Å². The van der Waals surface area contributed by atoms with Gasteiger partial charge in [-0.3, -0.25) is 9.78 Å². The summed E-state index contributed by atoms with van der Waals surface area (Å²) in [4.78, 5) is 16.2. The fraction of sp³-hybridized carbons (Fsp3) is 0.294. The van der Waals surface area contributed by atoms with Crippen LogP contribution in [-0.2, 0) is 11.2 Å². The second-order valence-electron chi connectivity index (χ2n) is 4.84. The number of hydrogen-bond acceptors (Lipinski definition) is 3. The van der Waals surface area contributed by atoms with Crippen LogP contribution in [0, 0.1) is 0 Å². The smallest absolute Gasteiger partial charge is 0.191 e. The Kier molecular flexibility index (Phi) is 6.08. The molecule has 3 nitrogen and oxygen atoms in total. The third-order valence-electron chi connectivity index (χ3n) is 3.22. The maximum Gasteiger partial charge on any atom is 0.191 e. The van der Waals surface area contributed by atoms with E-state index in [1.807, 2.05) is 36.4 Å². The molecule has 0 amide bonds. The molecule has 1 heterocycles. The van der Waals surface area contributed by atoms with Gasteiger partial charge in [0, 0.05) is 29.0 Å². The predicted octanol–water partition coefficient (Wildman–Crippen LogP) is 4.06. The molecule has 0 spiro atoms. The number of aryl methyl sites for hydroxylation is 1. The SMILES string of the molecule is CC(OCCCc1ccncc1)C(=O)c1ccc(Br)cc1. The highest BCUT2D eigenvalue weighted by molar-refractivity contribution is 9.10. The second kappa shape index (κ2) is 8.05. The van der Waals surface area contributed by atoms with Gasteiger partial charge in [-0.05, 0) is 49.6 Å². The number of carbonyl (C=O) groups excluding carboxylic acids is 1. The number of Topliss-reactive ketones (excluding diaryl/α,β-unsaturated/α-hetero) is 1. The minimum Gasteiger partial charge on any atom is -0.370 e. The molecule has 21 heavy (non-hydrogen) atoms. The molecule has 0 bridgehead atoms. The van der Waals surface area contributed by atoms with Crippen molar-refractivity contribution in [2.75, 3.05) is 6.61 Å². The lowest BCUT2D eigenvalue weighted by Crippen LogP contribution is -2.21. The molecule has 0 radical (unpaired) electrons. The van der Waals surface area contributed by atoms with E-state index in [1.54, 1.807) is 19.3 Å². The van der Waals surface area contributed by atoms with E-state index in [-0.39, 0.29) is 5.78 Å². The Bertz CT molecular complexity index is 569. The Balaban J connectivity index is 1.75. The highest BCUT2D eigenvalue weighted by Crippen LogP contribution is 2.13. The number of halogens is 1. The van der Waals surface area contributed by atoms with Crippen molar-refractivity contribution < 1.29 is 9.53 Å². The average molecular weight is 348 g/mol. The van der Waals surface area contributed by atoms with Gasteiger partial charge in [0.1, 0.15) is 6.10 Å².